The molecule has 1 N–H and O–H groups in total. The Balaban J connectivity index is 1.90. The fraction of sp³-hybridized carbons (Fsp3) is 0.0556. The zero-order valence-corrected chi connectivity index (χ0v) is 14.9. The number of hydrogen-bond acceptors (Lipinski definition) is 4. The Labute approximate surface area is 158 Å². The summed E-state index contributed by atoms with van der Waals surface area (Å²) in [6.07, 6.45) is -3.25. The molecule has 10 heteroatoms. The number of nitrogens with one attached hydrogen (secondary N) is 1. The van der Waals surface area contributed by atoms with Crippen LogP contribution < -0.4 is 15.0 Å². The van der Waals surface area contributed by atoms with Crippen molar-refractivity contribution in [3.8, 4) is 22.6 Å². The molecule has 3 rings (SSSR count). The molecule has 6 nitrogen and oxygen atoms in total. The fourth-order valence-electron chi connectivity index (χ4n) is 2.51. The van der Waals surface area contributed by atoms with Crippen LogP contribution in [-0.4, -0.2) is 19.3 Å². The molecule has 28 heavy (non-hydrogen) atoms. The maximum Gasteiger partial charge on any atom is 0.573 e. The van der Waals surface area contributed by atoms with E-state index in [4.69, 9.17) is 0 Å². The first kappa shape index (κ1) is 19.5. The highest BCUT2D eigenvalue weighted by molar-refractivity contribution is 7.73. The third-order valence-corrected chi connectivity index (χ3v) is 4.14. The lowest BCUT2D eigenvalue weighted by atomic mass is 10.1. The van der Waals surface area contributed by atoms with Gasteiger partial charge in [0, 0.05) is 23.6 Å². The Bertz CT molecular complexity index is 1100. The van der Waals surface area contributed by atoms with Crippen LogP contribution >= 0.6 is 0 Å². The first-order valence-electron chi connectivity index (χ1n) is 7.82. The van der Waals surface area contributed by atoms with Crippen molar-refractivity contribution in [2.24, 2.45) is 0 Å². The fourth-order valence-corrected chi connectivity index (χ4v) is 2.87. The molecule has 0 aliphatic carbocycles. The highest BCUT2D eigenvalue weighted by atomic mass is 32.2. The SMILES string of the molecule is O=c1ccc(-c2ccc(N[SH](=O)=O)cc2)cn1-c1ccc(OC(F)(F)F)cc1. The summed E-state index contributed by atoms with van der Waals surface area (Å²) < 4.78 is 65.5. The normalized spacial score (nSPS) is 11.4. The molecule has 0 saturated carbocycles. The van der Waals surface area contributed by atoms with Crippen molar-refractivity contribution < 1.29 is 26.3 Å². The molecule has 0 spiro atoms. The molecule has 0 aliphatic heterocycles. The minimum atomic E-state index is -4.79. The van der Waals surface area contributed by atoms with Crippen molar-refractivity contribution in [3.05, 3.63) is 77.2 Å². The number of benzene rings is 2. The van der Waals surface area contributed by atoms with Crippen LogP contribution in [0.3, 0.4) is 0 Å². The van der Waals surface area contributed by atoms with E-state index in [9.17, 15) is 26.4 Å². The lowest BCUT2D eigenvalue weighted by Crippen LogP contribution is -2.18. The molecular weight excluding hydrogens is 397 g/mol. The number of rotatable bonds is 5. The Morgan fingerprint density at radius 1 is 0.857 bits per heavy atom. The molecule has 1 aromatic heterocycles. The molecule has 0 aliphatic rings. The first-order valence-corrected chi connectivity index (χ1v) is 8.99. The van der Waals surface area contributed by atoms with Gasteiger partial charge in [0.05, 0.1) is 0 Å². The van der Waals surface area contributed by atoms with Crippen LogP contribution in [0.25, 0.3) is 16.8 Å². The number of thiol groups is 1. The number of halogens is 3. The Kier molecular flexibility index (Phi) is 5.41. The maximum atomic E-state index is 12.3. The summed E-state index contributed by atoms with van der Waals surface area (Å²) in [6, 6.07) is 14.3. The summed E-state index contributed by atoms with van der Waals surface area (Å²) in [5, 5.41) is 0. The monoisotopic (exact) mass is 410 g/mol. The Hall–Kier alpha value is -3.27. The molecule has 0 amide bonds. The van der Waals surface area contributed by atoms with Gasteiger partial charge in [-0.15, -0.1) is 13.2 Å². The van der Waals surface area contributed by atoms with Gasteiger partial charge in [-0.3, -0.25) is 14.1 Å². The molecule has 0 radical (unpaired) electrons. The van der Waals surface area contributed by atoms with Crippen LogP contribution in [0.15, 0.2) is 71.7 Å². The number of nitrogens with zero attached hydrogens (tertiary/aromatic N) is 1. The van der Waals surface area contributed by atoms with Gasteiger partial charge in [-0.25, -0.2) is 8.42 Å². The summed E-state index contributed by atoms with van der Waals surface area (Å²) in [6.45, 7) is 0. The van der Waals surface area contributed by atoms with E-state index in [-0.39, 0.29) is 11.3 Å². The van der Waals surface area contributed by atoms with Gasteiger partial charge in [0.2, 0.25) is 10.9 Å². The molecule has 146 valence electrons. The van der Waals surface area contributed by atoms with E-state index in [1.165, 1.54) is 22.8 Å². The second-order valence-corrected chi connectivity index (χ2v) is 6.35. The molecule has 0 unspecified atom stereocenters. The van der Waals surface area contributed by atoms with Gasteiger partial charge in [-0.1, -0.05) is 12.1 Å². The van der Waals surface area contributed by atoms with E-state index in [0.717, 1.165) is 17.7 Å². The molecule has 2 aromatic carbocycles. The largest absolute Gasteiger partial charge is 0.573 e. The number of hydrogen-bond donors (Lipinski definition) is 2. The van der Waals surface area contributed by atoms with Crippen LogP contribution in [-0.2, 0) is 10.9 Å². The number of anilines is 1. The first-order chi connectivity index (χ1) is 13.2. The third kappa shape index (κ3) is 4.92. The lowest BCUT2D eigenvalue weighted by molar-refractivity contribution is -0.274. The van der Waals surface area contributed by atoms with Gasteiger partial charge >= 0.3 is 6.36 Å². The predicted molar refractivity (Wildman–Crippen MR) is 98.1 cm³/mol. The van der Waals surface area contributed by atoms with Gasteiger partial charge in [0.15, 0.2) is 0 Å². The molecule has 3 aromatic rings. The van der Waals surface area contributed by atoms with Crippen molar-refractivity contribution in [2.45, 2.75) is 6.36 Å². The van der Waals surface area contributed by atoms with Crippen molar-refractivity contribution in [3.63, 3.8) is 0 Å². The topological polar surface area (TPSA) is 77.4 Å². The summed E-state index contributed by atoms with van der Waals surface area (Å²) >= 11 is 0. The van der Waals surface area contributed by atoms with Crippen LogP contribution in [0.1, 0.15) is 0 Å². The zero-order valence-electron chi connectivity index (χ0n) is 14.0. The van der Waals surface area contributed by atoms with Crippen molar-refractivity contribution in [2.75, 3.05) is 4.72 Å². The molecule has 0 saturated heterocycles. The minimum Gasteiger partial charge on any atom is -0.406 e. The lowest BCUT2D eigenvalue weighted by Gasteiger charge is -2.11. The number of pyridine rings is 1. The summed E-state index contributed by atoms with van der Waals surface area (Å²) in [7, 11) is -2.77. The standard InChI is InChI=1S/C18H13F3N2O4S/c19-18(20,21)27-16-8-6-15(7-9-16)23-11-13(3-10-17(23)24)12-1-4-14(5-2-12)22-28(25)26/h1-11,28H,(H,22,25,26). The van der Waals surface area contributed by atoms with Crippen LogP contribution in [0.5, 0.6) is 5.75 Å². The van der Waals surface area contributed by atoms with Crippen LogP contribution in [0, 0.1) is 0 Å². The average Bonchev–Trinajstić information content (AvgIpc) is 2.62. The van der Waals surface area contributed by atoms with E-state index in [0.29, 0.717) is 16.9 Å². The molecule has 0 fully saturated rings. The molecular formula is C18H13F3N2O4S. The highest BCUT2D eigenvalue weighted by Gasteiger charge is 2.30. The van der Waals surface area contributed by atoms with Gasteiger partial charge in [0.25, 0.3) is 5.56 Å². The third-order valence-electron chi connectivity index (χ3n) is 3.70. The van der Waals surface area contributed by atoms with E-state index in [2.05, 4.69) is 9.46 Å². The average molecular weight is 410 g/mol. The Morgan fingerprint density at radius 3 is 2.04 bits per heavy atom. The van der Waals surface area contributed by atoms with Crippen LogP contribution in [0.4, 0.5) is 18.9 Å². The van der Waals surface area contributed by atoms with Gasteiger partial charge < -0.3 is 4.74 Å². The quantitative estimate of drug-likeness (QED) is 0.633. The van der Waals surface area contributed by atoms with Gasteiger partial charge in [0.1, 0.15) is 5.75 Å². The summed E-state index contributed by atoms with van der Waals surface area (Å²) in [5.74, 6) is -0.389. The number of aromatic nitrogens is 1. The summed E-state index contributed by atoms with van der Waals surface area (Å²) in [4.78, 5) is 12.2. The van der Waals surface area contributed by atoms with E-state index < -0.39 is 17.3 Å². The van der Waals surface area contributed by atoms with Crippen molar-refractivity contribution in [1.82, 2.24) is 4.57 Å². The molecule has 0 atom stereocenters. The predicted octanol–water partition coefficient (Wildman–Crippen LogP) is 3.34. The molecule has 1 heterocycles. The van der Waals surface area contributed by atoms with Crippen molar-refractivity contribution in [1.29, 1.82) is 0 Å². The van der Waals surface area contributed by atoms with E-state index >= 15 is 0 Å². The summed E-state index contributed by atoms with van der Waals surface area (Å²) in [5.41, 5.74) is 1.78. The highest BCUT2D eigenvalue weighted by Crippen LogP contribution is 2.25. The zero-order chi connectivity index (χ0) is 20.3. The maximum absolute atomic E-state index is 12.3. The van der Waals surface area contributed by atoms with E-state index in [1.54, 1.807) is 36.5 Å². The van der Waals surface area contributed by atoms with Crippen molar-refractivity contribution >= 4 is 16.6 Å². The second-order valence-electron chi connectivity index (χ2n) is 5.61. The molecule has 0 bridgehead atoms. The number of ether oxygens (including phenoxy) is 1. The van der Waals surface area contributed by atoms with Crippen LogP contribution in [0.2, 0.25) is 0 Å². The smallest absolute Gasteiger partial charge is 0.406 e. The van der Waals surface area contributed by atoms with Gasteiger partial charge in [-0.05, 0) is 53.6 Å². The minimum absolute atomic E-state index is 0.364. The van der Waals surface area contributed by atoms with Gasteiger partial charge in [-0.2, -0.15) is 0 Å². The van der Waals surface area contributed by atoms with E-state index in [1.807, 2.05) is 0 Å². The Morgan fingerprint density at radius 2 is 1.46 bits per heavy atom. The number of alkyl halides is 3. The second kappa shape index (κ2) is 7.77.